The molecule has 0 bridgehead atoms. The summed E-state index contributed by atoms with van der Waals surface area (Å²) in [5.41, 5.74) is 1.10. The minimum absolute atomic E-state index is 0.0678. The molecule has 1 saturated carbocycles. The quantitative estimate of drug-likeness (QED) is 0.896. The molecule has 1 amide bonds. The molecule has 1 aliphatic carbocycles. The van der Waals surface area contributed by atoms with Gasteiger partial charge in [-0.1, -0.05) is 6.42 Å². The smallest absolute Gasteiger partial charge is 0.306 e. The lowest BCUT2D eigenvalue weighted by Crippen LogP contribution is -2.36. The molecule has 0 saturated heterocycles. The van der Waals surface area contributed by atoms with Crippen LogP contribution in [0.1, 0.15) is 31.2 Å². The van der Waals surface area contributed by atoms with Crippen LogP contribution in [-0.4, -0.2) is 28.9 Å². The molecule has 6 heteroatoms. The van der Waals surface area contributed by atoms with Crippen LogP contribution in [-0.2, 0) is 16.1 Å². The Bertz CT molecular complexity index is 502. The van der Waals surface area contributed by atoms with Crippen molar-refractivity contribution in [3.05, 3.63) is 20.8 Å². The standard InChI is InChI=1S/C14H18BrNO3S/c1-16(7-9-5-12(15)20-8-9)13(17)10-3-2-4-11(6-10)14(18)19/h5,8,10-11H,2-4,6-7H2,1H3,(H,18,19)/t10-,11-/m1/s1. The van der Waals surface area contributed by atoms with Crippen LogP contribution in [0.5, 0.6) is 0 Å². The molecule has 0 radical (unpaired) electrons. The lowest BCUT2D eigenvalue weighted by Gasteiger charge is -2.29. The van der Waals surface area contributed by atoms with Crippen LogP contribution < -0.4 is 0 Å². The predicted molar refractivity (Wildman–Crippen MR) is 81.6 cm³/mol. The van der Waals surface area contributed by atoms with Crippen LogP contribution in [0.15, 0.2) is 15.2 Å². The molecule has 1 aliphatic rings. The molecule has 2 rings (SSSR count). The molecule has 1 heterocycles. The van der Waals surface area contributed by atoms with E-state index in [-0.39, 0.29) is 17.7 Å². The molecule has 1 fully saturated rings. The molecule has 1 aromatic heterocycles. The zero-order valence-electron chi connectivity index (χ0n) is 11.3. The number of aliphatic carboxylic acids is 1. The molecule has 2 atom stereocenters. The number of halogens is 1. The van der Waals surface area contributed by atoms with Crippen LogP contribution in [0.25, 0.3) is 0 Å². The lowest BCUT2D eigenvalue weighted by atomic mass is 9.81. The van der Waals surface area contributed by atoms with E-state index in [0.29, 0.717) is 19.4 Å². The van der Waals surface area contributed by atoms with Gasteiger partial charge < -0.3 is 10.0 Å². The minimum atomic E-state index is -0.771. The van der Waals surface area contributed by atoms with Gasteiger partial charge in [-0.2, -0.15) is 0 Å². The summed E-state index contributed by atoms with van der Waals surface area (Å²) in [7, 11) is 1.79. The highest BCUT2D eigenvalue weighted by atomic mass is 79.9. The van der Waals surface area contributed by atoms with Crippen molar-refractivity contribution >= 4 is 39.1 Å². The maximum atomic E-state index is 12.4. The Balaban J connectivity index is 1.94. The number of carboxylic acids is 1. The maximum absolute atomic E-state index is 12.4. The molecule has 0 unspecified atom stereocenters. The van der Waals surface area contributed by atoms with Crippen LogP contribution in [0.3, 0.4) is 0 Å². The summed E-state index contributed by atoms with van der Waals surface area (Å²) in [5.74, 6) is -1.21. The van der Waals surface area contributed by atoms with Gasteiger partial charge >= 0.3 is 5.97 Å². The second kappa shape index (κ2) is 6.72. The van der Waals surface area contributed by atoms with Crippen molar-refractivity contribution in [1.29, 1.82) is 0 Å². The van der Waals surface area contributed by atoms with Crippen molar-refractivity contribution in [2.75, 3.05) is 7.05 Å². The minimum Gasteiger partial charge on any atom is -0.481 e. The summed E-state index contributed by atoms with van der Waals surface area (Å²) >= 11 is 5.01. The third-order valence-electron chi connectivity index (χ3n) is 3.79. The van der Waals surface area contributed by atoms with Gasteiger partial charge in [0.05, 0.1) is 9.70 Å². The van der Waals surface area contributed by atoms with Gasteiger partial charge in [-0.3, -0.25) is 9.59 Å². The normalized spacial score (nSPS) is 22.5. The molecular weight excluding hydrogens is 342 g/mol. The van der Waals surface area contributed by atoms with E-state index in [0.717, 1.165) is 22.2 Å². The zero-order valence-corrected chi connectivity index (χ0v) is 13.7. The van der Waals surface area contributed by atoms with Gasteiger partial charge in [0.25, 0.3) is 0 Å². The van der Waals surface area contributed by atoms with Gasteiger partial charge in [-0.05, 0) is 52.2 Å². The monoisotopic (exact) mass is 359 g/mol. The summed E-state index contributed by atoms with van der Waals surface area (Å²) < 4.78 is 1.05. The number of hydrogen-bond donors (Lipinski definition) is 1. The van der Waals surface area contributed by atoms with Crippen molar-refractivity contribution in [1.82, 2.24) is 4.90 Å². The fourth-order valence-corrected chi connectivity index (χ4v) is 3.93. The van der Waals surface area contributed by atoms with Crippen molar-refractivity contribution in [3.63, 3.8) is 0 Å². The van der Waals surface area contributed by atoms with Gasteiger partial charge in [-0.15, -0.1) is 11.3 Å². The Morgan fingerprint density at radius 2 is 2.15 bits per heavy atom. The van der Waals surface area contributed by atoms with Crippen molar-refractivity contribution in [2.24, 2.45) is 11.8 Å². The van der Waals surface area contributed by atoms with E-state index in [1.54, 1.807) is 23.3 Å². The van der Waals surface area contributed by atoms with Gasteiger partial charge in [0.2, 0.25) is 5.91 Å². The highest BCUT2D eigenvalue weighted by Gasteiger charge is 2.32. The third-order valence-corrected chi connectivity index (χ3v) is 5.34. The molecule has 0 spiro atoms. The number of rotatable bonds is 4. The Morgan fingerprint density at radius 3 is 2.75 bits per heavy atom. The summed E-state index contributed by atoms with van der Waals surface area (Å²) in [4.78, 5) is 25.2. The summed E-state index contributed by atoms with van der Waals surface area (Å²) in [6, 6.07) is 2.01. The van der Waals surface area contributed by atoms with Crippen molar-refractivity contribution in [2.45, 2.75) is 32.2 Å². The largest absolute Gasteiger partial charge is 0.481 e. The van der Waals surface area contributed by atoms with E-state index in [2.05, 4.69) is 15.9 Å². The third kappa shape index (κ3) is 3.82. The van der Waals surface area contributed by atoms with Gasteiger partial charge in [-0.25, -0.2) is 0 Å². The van der Waals surface area contributed by atoms with Crippen LogP contribution in [0.2, 0.25) is 0 Å². The molecule has 110 valence electrons. The Hall–Kier alpha value is -0.880. The molecule has 1 N–H and O–H groups in total. The fourth-order valence-electron chi connectivity index (χ4n) is 2.73. The number of carbonyl (C=O) groups excluding carboxylic acids is 1. The van der Waals surface area contributed by atoms with E-state index < -0.39 is 5.97 Å². The topological polar surface area (TPSA) is 57.6 Å². The first-order valence-corrected chi connectivity index (χ1v) is 8.35. The highest BCUT2D eigenvalue weighted by molar-refractivity contribution is 9.11. The van der Waals surface area contributed by atoms with Crippen LogP contribution in [0, 0.1) is 11.8 Å². The van der Waals surface area contributed by atoms with Crippen molar-refractivity contribution in [3.8, 4) is 0 Å². The van der Waals surface area contributed by atoms with E-state index in [1.807, 2.05) is 11.4 Å². The first kappa shape index (κ1) is 15.5. The first-order chi connectivity index (χ1) is 9.47. The van der Waals surface area contributed by atoms with Gasteiger partial charge in [0.15, 0.2) is 0 Å². The highest BCUT2D eigenvalue weighted by Crippen LogP contribution is 2.31. The van der Waals surface area contributed by atoms with Gasteiger partial charge in [0.1, 0.15) is 0 Å². The Kier molecular flexibility index (Phi) is 5.21. The first-order valence-electron chi connectivity index (χ1n) is 6.68. The molecule has 0 aliphatic heterocycles. The van der Waals surface area contributed by atoms with E-state index in [9.17, 15) is 9.59 Å². The number of hydrogen-bond acceptors (Lipinski definition) is 3. The predicted octanol–water partition coefficient (Wildman–Crippen LogP) is 3.36. The number of thiophene rings is 1. The van der Waals surface area contributed by atoms with Crippen molar-refractivity contribution < 1.29 is 14.7 Å². The average Bonchev–Trinajstić information content (AvgIpc) is 2.83. The average molecular weight is 360 g/mol. The number of amides is 1. The molecular formula is C14H18BrNO3S. The number of carboxylic acid groups (broad SMARTS) is 1. The second-order valence-electron chi connectivity index (χ2n) is 5.35. The summed E-state index contributed by atoms with van der Waals surface area (Å²) in [6.45, 7) is 0.579. The molecule has 1 aromatic rings. The number of nitrogens with zero attached hydrogens (tertiary/aromatic N) is 1. The van der Waals surface area contributed by atoms with E-state index in [1.165, 1.54) is 0 Å². The van der Waals surface area contributed by atoms with Crippen LogP contribution >= 0.6 is 27.3 Å². The summed E-state index contributed by atoms with van der Waals surface area (Å²) in [5, 5.41) is 11.1. The lowest BCUT2D eigenvalue weighted by molar-refractivity contribution is -0.145. The summed E-state index contributed by atoms with van der Waals surface area (Å²) in [6.07, 6.45) is 2.80. The van der Waals surface area contributed by atoms with Crippen LogP contribution in [0.4, 0.5) is 0 Å². The maximum Gasteiger partial charge on any atom is 0.306 e. The molecule has 4 nitrogen and oxygen atoms in total. The zero-order chi connectivity index (χ0) is 14.7. The SMILES string of the molecule is CN(Cc1csc(Br)c1)C(=O)[C@@H]1CCC[C@@H](C(=O)O)C1. The Labute approximate surface area is 130 Å². The fraction of sp³-hybridized carbons (Fsp3) is 0.571. The van der Waals surface area contributed by atoms with E-state index in [4.69, 9.17) is 5.11 Å². The number of carbonyl (C=O) groups is 2. The second-order valence-corrected chi connectivity index (χ2v) is 7.64. The Morgan fingerprint density at radius 1 is 1.45 bits per heavy atom. The van der Waals surface area contributed by atoms with Gasteiger partial charge in [0, 0.05) is 19.5 Å². The van der Waals surface area contributed by atoms with E-state index >= 15 is 0 Å². The molecule has 20 heavy (non-hydrogen) atoms. The molecule has 0 aromatic carbocycles.